The molecule has 2 aromatic rings. The number of hydrogen-bond donors (Lipinski definition) is 0. The van der Waals surface area contributed by atoms with Crippen LogP contribution >= 0.6 is 11.3 Å². The van der Waals surface area contributed by atoms with Crippen molar-refractivity contribution in [3.63, 3.8) is 0 Å². The fourth-order valence-electron chi connectivity index (χ4n) is 6.34. The number of aromatic nitrogens is 1. The summed E-state index contributed by atoms with van der Waals surface area (Å²) in [5.41, 5.74) is 1.58. The zero-order valence-electron chi connectivity index (χ0n) is 18.6. The lowest BCUT2D eigenvalue weighted by Crippen LogP contribution is -2.46. The van der Waals surface area contributed by atoms with Gasteiger partial charge in [0.05, 0.1) is 24.7 Å². The molecule has 0 unspecified atom stereocenters. The molecule has 168 valence electrons. The normalized spacial score (nSPS) is 30.1. The molecule has 5 nitrogen and oxygen atoms in total. The molecule has 0 amide bonds. The monoisotopic (exact) mass is 441 g/mol. The highest BCUT2D eigenvalue weighted by molar-refractivity contribution is 7.19. The van der Waals surface area contributed by atoms with Gasteiger partial charge in [-0.25, -0.2) is 4.98 Å². The Bertz CT molecular complexity index is 896. The Labute approximate surface area is 189 Å². The molecule has 4 heterocycles. The second-order valence-corrected chi connectivity index (χ2v) is 11.0. The van der Waals surface area contributed by atoms with Crippen LogP contribution < -0.4 is 4.74 Å². The summed E-state index contributed by atoms with van der Waals surface area (Å²) in [5.74, 6) is 1.76. The van der Waals surface area contributed by atoms with E-state index in [4.69, 9.17) is 14.5 Å². The van der Waals surface area contributed by atoms with Crippen LogP contribution in [-0.4, -0.2) is 72.9 Å². The highest BCUT2D eigenvalue weighted by Gasteiger charge is 2.33. The Hall–Kier alpha value is -1.21. The molecule has 2 aliphatic heterocycles. The highest BCUT2D eigenvalue weighted by atomic mass is 32.1. The van der Waals surface area contributed by atoms with Gasteiger partial charge in [0, 0.05) is 36.8 Å². The van der Waals surface area contributed by atoms with Crippen LogP contribution in [0.15, 0.2) is 12.3 Å². The van der Waals surface area contributed by atoms with E-state index in [0.717, 1.165) is 50.9 Å². The van der Waals surface area contributed by atoms with Gasteiger partial charge < -0.3 is 14.4 Å². The molecule has 0 N–H and O–H groups in total. The lowest BCUT2D eigenvalue weighted by atomic mass is 9.91. The molecule has 0 spiro atoms. The first-order valence-electron chi connectivity index (χ1n) is 12.5. The number of nitrogens with zero attached hydrogens (tertiary/aromatic N) is 3. The molecule has 1 saturated carbocycles. The Morgan fingerprint density at radius 1 is 1.03 bits per heavy atom. The van der Waals surface area contributed by atoms with E-state index >= 15 is 0 Å². The maximum atomic E-state index is 6.72. The molecule has 2 aromatic heterocycles. The van der Waals surface area contributed by atoms with Crippen LogP contribution in [0.4, 0.5) is 0 Å². The lowest BCUT2D eigenvalue weighted by molar-refractivity contribution is -0.000919. The summed E-state index contributed by atoms with van der Waals surface area (Å²) < 4.78 is 12.3. The Balaban J connectivity index is 1.18. The molecule has 1 atom stereocenters. The van der Waals surface area contributed by atoms with E-state index in [-0.39, 0.29) is 0 Å². The number of rotatable bonds is 5. The first-order valence-corrected chi connectivity index (χ1v) is 13.3. The van der Waals surface area contributed by atoms with Crippen molar-refractivity contribution in [3.8, 4) is 5.75 Å². The quantitative estimate of drug-likeness (QED) is 0.686. The summed E-state index contributed by atoms with van der Waals surface area (Å²) in [7, 11) is 0. The van der Waals surface area contributed by atoms with Gasteiger partial charge in [-0.15, -0.1) is 11.3 Å². The molecule has 6 rings (SSSR count). The number of thiophene rings is 1. The molecular weight excluding hydrogens is 406 g/mol. The summed E-state index contributed by atoms with van der Waals surface area (Å²) in [6, 6.07) is 2.85. The van der Waals surface area contributed by atoms with E-state index in [1.807, 2.05) is 17.5 Å². The molecule has 0 bridgehead atoms. The minimum absolute atomic E-state index is 0.344. The minimum Gasteiger partial charge on any atom is -0.490 e. The maximum Gasteiger partial charge on any atom is 0.131 e. The Morgan fingerprint density at radius 2 is 1.84 bits per heavy atom. The Morgan fingerprint density at radius 3 is 2.65 bits per heavy atom. The third-order valence-corrected chi connectivity index (χ3v) is 9.15. The molecule has 2 saturated heterocycles. The van der Waals surface area contributed by atoms with Gasteiger partial charge in [-0.2, -0.15) is 0 Å². The number of ether oxygens (including phenoxy) is 2. The van der Waals surface area contributed by atoms with Gasteiger partial charge >= 0.3 is 0 Å². The van der Waals surface area contributed by atoms with Crippen molar-refractivity contribution >= 4 is 21.6 Å². The SMILES string of the molecule is c1cc(O[C@H]2CC[C@H](N3CCOCC3)CC2)c2c3c(sc2n1)CC[C@@H]3CN1CCCC1. The second kappa shape index (κ2) is 8.97. The molecule has 4 aliphatic rings. The summed E-state index contributed by atoms with van der Waals surface area (Å²) >= 11 is 1.92. The van der Waals surface area contributed by atoms with E-state index in [0.29, 0.717) is 12.0 Å². The van der Waals surface area contributed by atoms with Gasteiger partial charge in [0.2, 0.25) is 0 Å². The molecule has 2 aliphatic carbocycles. The topological polar surface area (TPSA) is 37.8 Å². The fraction of sp³-hybridized carbons (Fsp3) is 0.720. The highest BCUT2D eigenvalue weighted by Crippen LogP contribution is 2.47. The average Bonchev–Trinajstić information content (AvgIpc) is 3.54. The average molecular weight is 442 g/mol. The summed E-state index contributed by atoms with van der Waals surface area (Å²) in [6.45, 7) is 7.77. The van der Waals surface area contributed by atoms with Crippen molar-refractivity contribution < 1.29 is 9.47 Å². The largest absolute Gasteiger partial charge is 0.490 e. The van der Waals surface area contributed by atoms with Crippen LogP contribution in [0.3, 0.4) is 0 Å². The van der Waals surface area contributed by atoms with E-state index in [9.17, 15) is 0 Å². The smallest absolute Gasteiger partial charge is 0.131 e. The molecule has 31 heavy (non-hydrogen) atoms. The van der Waals surface area contributed by atoms with E-state index < -0.39 is 0 Å². The van der Waals surface area contributed by atoms with Crippen molar-refractivity contribution in [2.45, 2.75) is 69.4 Å². The van der Waals surface area contributed by atoms with Gasteiger partial charge in [0.1, 0.15) is 10.6 Å². The van der Waals surface area contributed by atoms with Crippen LogP contribution in [0, 0.1) is 0 Å². The van der Waals surface area contributed by atoms with Gasteiger partial charge in [0.15, 0.2) is 0 Å². The summed E-state index contributed by atoms with van der Waals surface area (Å²) in [4.78, 5) is 12.8. The van der Waals surface area contributed by atoms with E-state index in [1.54, 1.807) is 10.4 Å². The van der Waals surface area contributed by atoms with Crippen LogP contribution in [-0.2, 0) is 11.2 Å². The summed E-state index contributed by atoms with van der Waals surface area (Å²) in [5, 5.41) is 1.35. The van der Waals surface area contributed by atoms with Crippen molar-refractivity contribution in [2.75, 3.05) is 45.9 Å². The van der Waals surface area contributed by atoms with Gasteiger partial charge in [0.25, 0.3) is 0 Å². The van der Waals surface area contributed by atoms with Crippen LogP contribution in [0.25, 0.3) is 10.2 Å². The van der Waals surface area contributed by atoms with E-state index in [1.165, 1.54) is 68.4 Å². The number of pyridine rings is 1. The van der Waals surface area contributed by atoms with Gasteiger partial charge in [-0.3, -0.25) is 4.90 Å². The molecule has 0 aromatic carbocycles. The third-order valence-electron chi connectivity index (χ3n) is 7.97. The van der Waals surface area contributed by atoms with Crippen LogP contribution in [0.5, 0.6) is 5.75 Å². The molecule has 0 radical (unpaired) electrons. The third kappa shape index (κ3) is 4.12. The zero-order chi connectivity index (χ0) is 20.6. The van der Waals surface area contributed by atoms with Crippen LogP contribution in [0.1, 0.15) is 61.3 Å². The van der Waals surface area contributed by atoms with Crippen molar-refractivity contribution in [1.82, 2.24) is 14.8 Å². The molecule has 6 heteroatoms. The van der Waals surface area contributed by atoms with Gasteiger partial charge in [-0.05, 0) is 82.0 Å². The van der Waals surface area contributed by atoms with Crippen molar-refractivity contribution in [2.24, 2.45) is 0 Å². The number of morpholine rings is 1. The maximum absolute atomic E-state index is 6.72. The molecular formula is C25H35N3O2S. The van der Waals surface area contributed by atoms with Crippen molar-refractivity contribution in [1.29, 1.82) is 0 Å². The Kier molecular flexibility index (Phi) is 5.90. The lowest BCUT2D eigenvalue weighted by Gasteiger charge is -2.38. The van der Waals surface area contributed by atoms with Crippen molar-refractivity contribution in [3.05, 3.63) is 22.7 Å². The first kappa shape index (κ1) is 20.4. The number of likely N-dealkylation sites (tertiary alicyclic amines) is 1. The molecule has 3 fully saturated rings. The number of aryl methyl sites for hydroxylation is 1. The predicted molar refractivity (Wildman–Crippen MR) is 125 cm³/mol. The number of fused-ring (bicyclic) bond motifs is 3. The van der Waals surface area contributed by atoms with E-state index in [2.05, 4.69) is 15.9 Å². The predicted octanol–water partition coefficient (Wildman–Crippen LogP) is 4.44. The fourth-order valence-corrected chi connectivity index (χ4v) is 7.60. The minimum atomic E-state index is 0.344. The number of hydrogen-bond acceptors (Lipinski definition) is 6. The second-order valence-electron chi connectivity index (χ2n) is 9.87. The standard InChI is InChI=1S/C25H35N3O2S/c1-2-12-27(11-1)17-18-3-8-22-23(18)24-21(9-10-26-25(24)31-22)30-20-6-4-19(5-7-20)28-13-15-29-16-14-28/h9-10,18-20H,1-8,11-17H2/t18-,19-,20-/m1/s1. The summed E-state index contributed by atoms with van der Waals surface area (Å²) in [6.07, 6.45) is 12.4. The van der Waals surface area contributed by atoms with Crippen LogP contribution in [0.2, 0.25) is 0 Å². The zero-order valence-corrected chi connectivity index (χ0v) is 19.4. The van der Waals surface area contributed by atoms with Gasteiger partial charge in [-0.1, -0.05) is 0 Å². The first-order chi connectivity index (χ1) is 15.3.